The van der Waals surface area contributed by atoms with Gasteiger partial charge in [-0.1, -0.05) is 0 Å². The van der Waals surface area contributed by atoms with Gasteiger partial charge in [0.05, 0.1) is 17.4 Å². The summed E-state index contributed by atoms with van der Waals surface area (Å²) in [6.45, 7) is 1.98. The van der Waals surface area contributed by atoms with Crippen molar-refractivity contribution in [2.75, 3.05) is 37.8 Å². The zero-order valence-corrected chi connectivity index (χ0v) is 15.9. The van der Waals surface area contributed by atoms with E-state index in [4.69, 9.17) is 9.47 Å². The Kier molecular flexibility index (Phi) is 4.84. The zero-order chi connectivity index (χ0) is 19.0. The molecule has 7 nitrogen and oxygen atoms in total. The van der Waals surface area contributed by atoms with Gasteiger partial charge in [-0.2, -0.15) is 0 Å². The molecule has 4 rings (SSSR count). The van der Waals surface area contributed by atoms with E-state index in [9.17, 15) is 18.0 Å². The van der Waals surface area contributed by atoms with E-state index >= 15 is 0 Å². The van der Waals surface area contributed by atoms with Crippen LogP contribution in [0.5, 0.6) is 11.5 Å². The molecule has 0 bridgehead atoms. The number of carbonyl (C=O) groups excluding carboxylic acids is 2. The number of ketones is 1. The third-order valence-corrected chi connectivity index (χ3v) is 7.35. The first-order chi connectivity index (χ1) is 12.9. The number of sulfone groups is 1. The Labute approximate surface area is 158 Å². The molecule has 1 amide bonds. The molecule has 0 aliphatic carbocycles. The Morgan fingerprint density at radius 2 is 1.67 bits per heavy atom. The van der Waals surface area contributed by atoms with E-state index in [1.165, 1.54) is 0 Å². The van der Waals surface area contributed by atoms with Crippen molar-refractivity contribution in [3.63, 3.8) is 0 Å². The number of benzene rings is 1. The van der Waals surface area contributed by atoms with Crippen LogP contribution in [-0.4, -0.2) is 62.8 Å². The highest BCUT2D eigenvalue weighted by atomic mass is 32.2. The van der Waals surface area contributed by atoms with Crippen LogP contribution in [0.1, 0.15) is 29.6 Å². The van der Waals surface area contributed by atoms with Gasteiger partial charge in [0.2, 0.25) is 5.91 Å². The Bertz CT molecular complexity index is 857. The number of fused-ring (bicyclic) bond motifs is 1. The van der Waals surface area contributed by atoms with Gasteiger partial charge in [-0.25, -0.2) is 8.42 Å². The van der Waals surface area contributed by atoms with Gasteiger partial charge in [0, 0.05) is 24.6 Å². The molecule has 0 radical (unpaired) electrons. The minimum Gasteiger partial charge on any atom is -0.486 e. The van der Waals surface area contributed by atoms with Crippen LogP contribution in [0, 0.1) is 11.8 Å². The molecule has 0 N–H and O–H groups in total. The van der Waals surface area contributed by atoms with Gasteiger partial charge in [0.1, 0.15) is 13.2 Å². The second-order valence-corrected chi connectivity index (χ2v) is 9.65. The summed E-state index contributed by atoms with van der Waals surface area (Å²) < 4.78 is 34.2. The van der Waals surface area contributed by atoms with Crippen LogP contribution in [0.25, 0.3) is 0 Å². The fourth-order valence-electron chi connectivity index (χ4n) is 4.04. The molecule has 0 unspecified atom stereocenters. The van der Waals surface area contributed by atoms with Crippen molar-refractivity contribution in [1.82, 2.24) is 4.90 Å². The molecule has 1 aromatic carbocycles. The summed E-state index contributed by atoms with van der Waals surface area (Å²) in [6, 6.07) is 5.26. The number of rotatable bonds is 3. The summed E-state index contributed by atoms with van der Waals surface area (Å²) in [5.74, 6) is 0.740. The average Bonchev–Trinajstić information content (AvgIpc) is 3.06. The lowest BCUT2D eigenvalue weighted by molar-refractivity contribution is -0.136. The first-order valence-electron chi connectivity index (χ1n) is 9.36. The smallest absolute Gasteiger partial charge is 0.226 e. The van der Waals surface area contributed by atoms with Crippen LogP contribution < -0.4 is 9.47 Å². The van der Waals surface area contributed by atoms with Crippen LogP contribution in [0.2, 0.25) is 0 Å². The number of hydrogen-bond acceptors (Lipinski definition) is 6. The first kappa shape index (κ1) is 18.3. The monoisotopic (exact) mass is 393 g/mol. The Morgan fingerprint density at radius 3 is 2.33 bits per heavy atom. The lowest BCUT2D eigenvalue weighted by Crippen LogP contribution is -2.43. The van der Waals surface area contributed by atoms with E-state index in [0.29, 0.717) is 62.6 Å². The maximum atomic E-state index is 12.8. The van der Waals surface area contributed by atoms with E-state index in [1.807, 2.05) is 0 Å². The lowest BCUT2D eigenvalue weighted by atomic mass is 9.88. The number of piperidine rings is 1. The molecule has 8 heteroatoms. The van der Waals surface area contributed by atoms with Gasteiger partial charge in [-0.15, -0.1) is 0 Å². The number of carbonyl (C=O) groups is 2. The second-order valence-electron chi connectivity index (χ2n) is 7.42. The number of Topliss-reactive ketones (excluding diaryl/α,β-unsaturated/α-hetero) is 1. The van der Waals surface area contributed by atoms with Crippen LogP contribution in [0.4, 0.5) is 0 Å². The maximum Gasteiger partial charge on any atom is 0.226 e. The Morgan fingerprint density at radius 1 is 0.963 bits per heavy atom. The van der Waals surface area contributed by atoms with Crippen molar-refractivity contribution in [2.45, 2.75) is 19.3 Å². The van der Waals surface area contributed by atoms with E-state index in [0.717, 1.165) is 0 Å². The molecule has 3 heterocycles. The fraction of sp³-hybridized carbons (Fsp3) is 0.579. The summed E-state index contributed by atoms with van der Waals surface area (Å²) in [5.41, 5.74) is 0.603. The van der Waals surface area contributed by atoms with Crippen LogP contribution >= 0.6 is 0 Å². The molecule has 0 spiro atoms. The van der Waals surface area contributed by atoms with E-state index < -0.39 is 15.8 Å². The second kappa shape index (κ2) is 7.14. The summed E-state index contributed by atoms with van der Waals surface area (Å²) in [4.78, 5) is 27.1. The molecule has 0 saturated carbocycles. The SMILES string of the molecule is O=C(c1ccc2c(c1)OCCO2)C1CCN(C(=O)[C@@H]2CCS(=O)(=O)C2)CC1. The lowest BCUT2D eigenvalue weighted by Gasteiger charge is -2.33. The van der Waals surface area contributed by atoms with Crippen LogP contribution in [0.3, 0.4) is 0 Å². The summed E-state index contributed by atoms with van der Waals surface area (Å²) >= 11 is 0. The average molecular weight is 393 g/mol. The number of likely N-dealkylation sites (tertiary alicyclic amines) is 1. The minimum absolute atomic E-state index is 0.0398. The van der Waals surface area contributed by atoms with Crippen LogP contribution in [-0.2, 0) is 14.6 Å². The van der Waals surface area contributed by atoms with Crippen molar-refractivity contribution < 1.29 is 27.5 Å². The molecule has 1 aromatic rings. The molecular formula is C19H23NO6S. The van der Waals surface area contributed by atoms with Crippen molar-refractivity contribution in [2.24, 2.45) is 11.8 Å². The summed E-state index contributed by atoms with van der Waals surface area (Å²) in [5, 5.41) is 0. The molecule has 2 fully saturated rings. The van der Waals surface area contributed by atoms with Crippen molar-refractivity contribution >= 4 is 21.5 Å². The van der Waals surface area contributed by atoms with Crippen molar-refractivity contribution in [3.05, 3.63) is 23.8 Å². The molecule has 27 heavy (non-hydrogen) atoms. The van der Waals surface area contributed by atoms with E-state index in [-0.39, 0.29) is 29.1 Å². The molecule has 146 valence electrons. The zero-order valence-electron chi connectivity index (χ0n) is 15.1. The topological polar surface area (TPSA) is 90.0 Å². The molecule has 3 aliphatic heterocycles. The largest absolute Gasteiger partial charge is 0.486 e. The molecular weight excluding hydrogens is 370 g/mol. The normalized spacial score (nSPS) is 24.6. The van der Waals surface area contributed by atoms with Crippen molar-refractivity contribution in [1.29, 1.82) is 0 Å². The quantitative estimate of drug-likeness (QED) is 0.720. The van der Waals surface area contributed by atoms with E-state index in [1.54, 1.807) is 23.1 Å². The predicted octanol–water partition coefficient (Wildman–Crippen LogP) is 1.31. The van der Waals surface area contributed by atoms with E-state index in [2.05, 4.69) is 0 Å². The number of ether oxygens (including phenoxy) is 2. The highest BCUT2D eigenvalue weighted by Crippen LogP contribution is 2.33. The van der Waals surface area contributed by atoms with Gasteiger partial charge in [0.25, 0.3) is 0 Å². The highest BCUT2D eigenvalue weighted by Gasteiger charge is 2.37. The number of nitrogens with zero attached hydrogens (tertiary/aromatic N) is 1. The predicted molar refractivity (Wildman–Crippen MR) is 97.8 cm³/mol. The fourth-order valence-corrected chi connectivity index (χ4v) is 5.77. The van der Waals surface area contributed by atoms with Gasteiger partial charge >= 0.3 is 0 Å². The standard InChI is InChI=1S/C19H23NO6S/c21-18(14-1-2-16-17(11-14)26-9-8-25-16)13-3-6-20(7-4-13)19(22)15-5-10-27(23,24)12-15/h1-2,11,13,15H,3-10,12H2/t15-/m1/s1. The van der Waals surface area contributed by atoms with Gasteiger partial charge in [0.15, 0.2) is 27.1 Å². The molecule has 0 aromatic heterocycles. The number of hydrogen-bond donors (Lipinski definition) is 0. The molecule has 3 aliphatic rings. The maximum absolute atomic E-state index is 12.8. The Hall–Kier alpha value is -2.09. The molecule has 2 saturated heterocycles. The highest BCUT2D eigenvalue weighted by molar-refractivity contribution is 7.91. The first-order valence-corrected chi connectivity index (χ1v) is 11.2. The third kappa shape index (κ3) is 3.81. The van der Waals surface area contributed by atoms with Crippen molar-refractivity contribution in [3.8, 4) is 11.5 Å². The Balaban J connectivity index is 1.36. The molecule has 1 atom stereocenters. The number of amides is 1. The van der Waals surface area contributed by atoms with Crippen LogP contribution in [0.15, 0.2) is 18.2 Å². The van der Waals surface area contributed by atoms with Gasteiger partial charge in [-0.05, 0) is 37.5 Å². The third-order valence-electron chi connectivity index (χ3n) is 5.59. The summed E-state index contributed by atoms with van der Waals surface area (Å²) in [7, 11) is -3.07. The van der Waals surface area contributed by atoms with Gasteiger partial charge in [-0.3, -0.25) is 9.59 Å². The summed E-state index contributed by atoms with van der Waals surface area (Å²) in [6.07, 6.45) is 1.61. The van der Waals surface area contributed by atoms with Gasteiger partial charge < -0.3 is 14.4 Å². The minimum atomic E-state index is -3.07.